The predicted octanol–water partition coefficient (Wildman–Crippen LogP) is 7.13. The van der Waals surface area contributed by atoms with Crippen molar-refractivity contribution in [2.45, 2.75) is 37.3 Å². The summed E-state index contributed by atoms with van der Waals surface area (Å²) in [5.41, 5.74) is 2.55. The van der Waals surface area contributed by atoms with E-state index in [0.717, 1.165) is 19.3 Å². The Morgan fingerprint density at radius 1 is 1.09 bits per heavy atom. The Kier molecular flexibility index (Phi) is 8.53. The van der Waals surface area contributed by atoms with Gasteiger partial charge in [-0.15, -0.1) is 10.2 Å². The first-order valence-corrected chi connectivity index (χ1v) is 13.0. The van der Waals surface area contributed by atoms with Gasteiger partial charge in [0, 0.05) is 17.1 Å². The van der Waals surface area contributed by atoms with Gasteiger partial charge in [0.05, 0.1) is 21.5 Å². The first kappa shape index (κ1) is 25.0. The van der Waals surface area contributed by atoms with Crippen LogP contribution in [0.3, 0.4) is 0 Å². The molecule has 0 fully saturated rings. The zero-order valence-electron chi connectivity index (χ0n) is 18.2. The zero-order chi connectivity index (χ0) is 24.1. The summed E-state index contributed by atoms with van der Waals surface area (Å²) in [6.45, 7) is 0.608. The summed E-state index contributed by atoms with van der Waals surface area (Å²) < 4.78 is 15.5. The molecule has 1 aliphatic carbocycles. The monoisotopic (exact) mass is 538 g/mol. The van der Waals surface area contributed by atoms with Gasteiger partial charge < -0.3 is 5.32 Å². The Bertz CT molecular complexity index is 1230. The third-order valence-electron chi connectivity index (χ3n) is 5.45. The molecule has 0 saturated heterocycles. The maximum absolute atomic E-state index is 13.8. The first-order chi connectivity index (χ1) is 16.4. The van der Waals surface area contributed by atoms with Gasteiger partial charge in [0.2, 0.25) is 5.91 Å². The summed E-state index contributed by atoms with van der Waals surface area (Å²) in [5.74, 6) is -0.0534. The second-order valence-corrected chi connectivity index (χ2v) is 10.1. The highest BCUT2D eigenvalue weighted by atomic mass is 35.5. The molecule has 0 radical (unpaired) electrons. The van der Waals surface area contributed by atoms with Crippen molar-refractivity contribution in [2.24, 2.45) is 0 Å². The molecule has 1 heterocycles. The highest BCUT2D eigenvalue weighted by molar-refractivity contribution is 7.99. The van der Waals surface area contributed by atoms with Gasteiger partial charge in [-0.3, -0.25) is 9.36 Å². The molecule has 1 N–H and O–H groups in total. The lowest BCUT2D eigenvalue weighted by Crippen LogP contribution is -2.26. The summed E-state index contributed by atoms with van der Waals surface area (Å²) in [4.78, 5) is 12.5. The molecule has 0 atom stereocenters. The molecule has 178 valence electrons. The smallest absolute Gasteiger partial charge is 0.230 e. The van der Waals surface area contributed by atoms with E-state index >= 15 is 0 Å². The summed E-state index contributed by atoms with van der Waals surface area (Å²) in [7, 11) is 0. The molecule has 5 nitrogen and oxygen atoms in total. The molecule has 0 spiro atoms. The fourth-order valence-corrected chi connectivity index (χ4v) is 5.19. The Morgan fingerprint density at radius 2 is 1.94 bits per heavy atom. The van der Waals surface area contributed by atoms with Crippen LogP contribution in [0.2, 0.25) is 15.1 Å². The van der Waals surface area contributed by atoms with Crippen molar-refractivity contribution in [2.75, 3.05) is 12.3 Å². The molecule has 34 heavy (non-hydrogen) atoms. The van der Waals surface area contributed by atoms with E-state index in [1.165, 1.54) is 42.3 Å². The minimum Gasteiger partial charge on any atom is -0.355 e. The fourth-order valence-electron chi connectivity index (χ4n) is 3.74. The molecule has 10 heteroatoms. The fraction of sp³-hybridized carbons (Fsp3) is 0.292. The number of allylic oxidation sites excluding steroid dienone is 1. The number of carbonyl (C=O) groups excluding carboxylic acids is 1. The molecule has 4 rings (SSSR count). The van der Waals surface area contributed by atoms with Gasteiger partial charge in [0.25, 0.3) is 0 Å². The summed E-state index contributed by atoms with van der Waals surface area (Å²) in [6.07, 6.45) is 7.87. The Hall–Kier alpha value is -2.06. The second kappa shape index (κ2) is 11.6. The number of benzene rings is 2. The van der Waals surface area contributed by atoms with Crippen molar-refractivity contribution in [3.63, 3.8) is 0 Å². The van der Waals surface area contributed by atoms with E-state index in [9.17, 15) is 9.18 Å². The minimum atomic E-state index is -0.536. The van der Waals surface area contributed by atoms with Gasteiger partial charge in [-0.1, -0.05) is 58.2 Å². The molecule has 1 amide bonds. The Morgan fingerprint density at radius 3 is 2.68 bits per heavy atom. The van der Waals surface area contributed by atoms with Crippen molar-refractivity contribution in [3.8, 4) is 17.1 Å². The van der Waals surface area contributed by atoms with Crippen LogP contribution in [0.5, 0.6) is 0 Å². The van der Waals surface area contributed by atoms with Crippen molar-refractivity contribution in [1.29, 1.82) is 0 Å². The SMILES string of the molecule is O=C(CSc1nnc(-c2ccc(Cl)cc2Cl)n1-c1ccc(F)c(Cl)c1)NCCC1=CCCCC1. The molecule has 2 aromatic carbocycles. The van der Waals surface area contributed by atoms with Crippen LogP contribution >= 0.6 is 46.6 Å². The highest BCUT2D eigenvalue weighted by Gasteiger charge is 2.20. The molecule has 1 aliphatic rings. The number of aromatic nitrogens is 3. The van der Waals surface area contributed by atoms with Crippen LogP contribution in [0.1, 0.15) is 32.1 Å². The van der Waals surface area contributed by atoms with Gasteiger partial charge in [0.15, 0.2) is 11.0 Å². The van der Waals surface area contributed by atoms with E-state index in [1.807, 2.05) is 0 Å². The molecular formula is C24H22Cl3FN4OS. The molecule has 3 aromatic rings. The minimum absolute atomic E-state index is 0.0370. The van der Waals surface area contributed by atoms with E-state index in [1.54, 1.807) is 28.8 Å². The largest absolute Gasteiger partial charge is 0.355 e. The summed E-state index contributed by atoms with van der Waals surface area (Å²) in [5, 5.41) is 12.8. The van der Waals surface area contributed by atoms with Crippen LogP contribution in [0.25, 0.3) is 17.1 Å². The zero-order valence-corrected chi connectivity index (χ0v) is 21.2. The average molecular weight is 540 g/mol. The van der Waals surface area contributed by atoms with Gasteiger partial charge >= 0.3 is 0 Å². The third-order valence-corrected chi connectivity index (χ3v) is 7.22. The number of hydrogen-bond donors (Lipinski definition) is 1. The van der Waals surface area contributed by atoms with Crippen LogP contribution in [0, 0.1) is 5.82 Å². The topological polar surface area (TPSA) is 59.8 Å². The normalized spacial score (nSPS) is 13.6. The maximum Gasteiger partial charge on any atom is 0.230 e. The van der Waals surface area contributed by atoms with Crippen LogP contribution in [0.4, 0.5) is 4.39 Å². The van der Waals surface area contributed by atoms with Crippen molar-refractivity contribution in [1.82, 2.24) is 20.1 Å². The van der Waals surface area contributed by atoms with E-state index in [4.69, 9.17) is 34.8 Å². The van der Waals surface area contributed by atoms with Crippen molar-refractivity contribution < 1.29 is 9.18 Å². The lowest BCUT2D eigenvalue weighted by atomic mass is 9.97. The lowest BCUT2D eigenvalue weighted by molar-refractivity contribution is -0.118. The van der Waals surface area contributed by atoms with E-state index in [-0.39, 0.29) is 16.7 Å². The number of amides is 1. The predicted molar refractivity (Wildman–Crippen MR) is 137 cm³/mol. The molecule has 1 aromatic heterocycles. The number of halogens is 4. The molecule has 0 aliphatic heterocycles. The summed E-state index contributed by atoms with van der Waals surface area (Å²) >= 11 is 19.7. The van der Waals surface area contributed by atoms with E-state index < -0.39 is 5.82 Å². The molecule has 0 unspecified atom stereocenters. The number of nitrogens with zero attached hydrogens (tertiary/aromatic N) is 3. The first-order valence-electron chi connectivity index (χ1n) is 10.9. The quantitative estimate of drug-likeness (QED) is 0.244. The Labute approximate surface area is 216 Å². The molecule has 0 saturated carbocycles. The number of carbonyl (C=O) groups is 1. The maximum atomic E-state index is 13.8. The van der Waals surface area contributed by atoms with Gasteiger partial charge in [0.1, 0.15) is 5.82 Å². The standard InChI is InChI=1S/C24H22Cl3FN4OS/c25-16-6-8-18(19(26)12-16)23-30-31-24(32(23)17-7-9-21(28)20(27)13-17)34-14-22(33)29-11-10-15-4-2-1-3-5-15/h4,6-9,12-13H,1-3,5,10-11,14H2,(H,29,33). The Balaban J connectivity index is 1.53. The molecule has 0 bridgehead atoms. The van der Waals surface area contributed by atoms with Gasteiger partial charge in [-0.05, 0) is 68.5 Å². The average Bonchev–Trinajstić information content (AvgIpc) is 3.24. The van der Waals surface area contributed by atoms with E-state index in [2.05, 4.69) is 21.6 Å². The second-order valence-electron chi connectivity index (χ2n) is 7.86. The highest BCUT2D eigenvalue weighted by Crippen LogP contribution is 2.34. The number of thioether (sulfide) groups is 1. The number of hydrogen-bond acceptors (Lipinski definition) is 4. The lowest BCUT2D eigenvalue weighted by Gasteiger charge is -2.13. The van der Waals surface area contributed by atoms with Crippen molar-refractivity contribution >= 4 is 52.5 Å². The van der Waals surface area contributed by atoms with Crippen LogP contribution in [-0.4, -0.2) is 33.0 Å². The van der Waals surface area contributed by atoms with Gasteiger partial charge in [-0.25, -0.2) is 4.39 Å². The number of nitrogens with one attached hydrogen (secondary N) is 1. The van der Waals surface area contributed by atoms with Crippen LogP contribution in [0.15, 0.2) is 53.2 Å². The van der Waals surface area contributed by atoms with Gasteiger partial charge in [-0.2, -0.15) is 0 Å². The number of rotatable bonds is 8. The molecular weight excluding hydrogens is 518 g/mol. The van der Waals surface area contributed by atoms with E-state index in [0.29, 0.717) is 38.8 Å². The summed E-state index contributed by atoms with van der Waals surface area (Å²) in [6, 6.07) is 9.36. The van der Waals surface area contributed by atoms with Crippen molar-refractivity contribution in [3.05, 3.63) is 68.9 Å². The third kappa shape index (κ3) is 6.13. The van der Waals surface area contributed by atoms with Crippen LogP contribution in [-0.2, 0) is 4.79 Å². The van der Waals surface area contributed by atoms with Crippen LogP contribution < -0.4 is 5.32 Å².